The third-order valence-corrected chi connectivity index (χ3v) is 6.03. The van der Waals surface area contributed by atoms with Crippen LogP contribution in [-0.2, 0) is 11.3 Å². The number of carbonyl (C=O) groups is 3. The van der Waals surface area contributed by atoms with Crippen LogP contribution in [0.1, 0.15) is 64.2 Å². The third-order valence-electron chi connectivity index (χ3n) is 6.03. The number of nitrogens with one attached hydrogen (secondary N) is 1. The highest BCUT2D eigenvalue weighted by Gasteiger charge is 2.24. The molecule has 0 unspecified atom stereocenters. The SMILES string of the molecule is Cc1ccc([C@@H](C)C(=O)c2cccn2C/C=C/c2cccc(C(=O)N[C@H](C(=O)O)C(C)C)c2)cc1. The van der Waals surface area contributed by atoms with Crippen molar-refractivity contribution >= 4 is 23.7 Å². The molecule has 6 nitrogen and oxygen atoms in total. The molecule has 0 saturated heterocycles. The fraction of sp³-hybridized carbons (Fsp3) is 0.276. The Morgan fingerprint density at radius 3 is 2.37 bits per heavy atom. The number of hydrogen-bond donors (Lipinski definition) is 2. The van der Waals surface area contributed by atoms with Crippen LogP contribution in [0.15, 0.2) is 72.9 Å². The molecule has 1 aromatic heterocycles. The molecule has 3 rings (SSSR count). The number of rotatable bonds is 10. The minimum Gasteiger partial charge on any atom is -0.480 e. The number of nitrogens with zero attached hydrogens (tertiary/aromatic N) is 1. The maximum Gasteiger partial charge on any atom is 0.326 e. The Balaban J connectivity index is 1.68. The van der Waals surface area contributed by atoms with Crippen molar-refractivity contribution < 1.29 is 19.5 Å². The number of carbonyl (C=O) groups excluding carboxylic acids is 2. The van der Waals surface area contributed by atoms with Gasteiger partial charge < -0.3 is 15.0 Å². The lowest BCUT2D eigenvalue weighted by Gasteiger charge is -2.18. The van der Waals surface area contributed by atoms with Gasteiger partial charge in [-0.25, -0.2) is 4.79 Å². The highest BCUT2D eigenvalue weighted by atomic mass is 16.4. The number of benzene rings is 2. The first kappa shape index (κ1) is 25.7. The molecule has 1 heterocycles. The molecular formula is C29H32N2O4. The third kappa shape index (κ3) is 6.57. The molecule has 0 aliphatic rings. The smallest absolute Gasteiger partial charge is 0.326 e. The van der Waals surface area contributed by atoms with Crippen LogP contribution in [0.25, 0.3) is 6.08 Å². The molecule has 0 fully saturated rings. The lowest BCUT2D eigenvalue weighted by atomic mass is 9.94. The molecule has 0 aliphatic carbocycles. The summed E-state index contributed by atoms with van der Waals surface area (Å²) >= 11 is 0. The maximum atomic E-state index is 13.1. The first-order chi connectivity index (χ1) is 16.7. The Hall–Kier alpha value is -3.93. The molecule has 0 saturated carbocycles. The van der Waals surface area contributed by atoms with Gasteiger partial charge in [-0.05, 0) is 48.2 Å². The largest absolute Gasteiger partial charge is 0.480 e. The fourth-order valence-electron chi connectivity index (χ4n) is 3.85. The van der Waals surface area contributed by atoms with Gasteiger partial charge in [-0.15, -0.1) is 0 Å². The molecule has 2 atom stereocenters. The molecular weight excluding hydrogens is 440 g/mol. The summed E-state index contributed by atoms with van der Waals surface area (Å²) < 4.78 is 1.90. The average Bonchev–Trinajstić information content (AvgIpc) is 3.30. The van der Waals surface area contributed by atoms with E-state index in [-0.39, 0.29) is 17.6 Å². The molecule has 2 aromatic carbocycles. The lowest BCUT2D eigenvalue weighted by molar-refractivity contribution is -0.140. The zero-order valence-corrected chi connectivity index (χ0v) is 20.6. The summed E-state index contributed by atoms with van der Waals surface area (Å²) in [4.78, 5) is 37.1. The van der Waals surface area contributed by atoms with Crippen LogP contribution in [0.2, 0.25) is 0 Å². The van der Waals surface area contributed by atoms with Crippen LogP contribution in [0.3, 0.4) is 0 Å². The number of aryl methyl sites for hydroxylation is 1. The second-order valence-corrected chi connectivity index (χ2v) is 9.10. The Labute approximate surface area is 206 Å². The van der Waals surface area contributed by atoms with E-state index < -0.39 is 17.9 Å². The number of amides is 1. The molecule has 0 spiro atoms. The van der Waals surface area contributed by atoms with Gasteiger partial charge in [0.25, 0.3) is 5.91 Å². The van der Waals surface area contributed by atoms with Gasteiger partial charge in [0.05, 0.1) is 5.69 Å². The van der Waals surface area contributed by atoms with Gasteiger partial charge in [0.2, 0.25) is 0 Å². The van der Waals surface area contributed by atoms with E-state index in [1.165, 1.54) is 0 Å². The standard InChI is InChI=1S/C29H32N2O4/c1-19(2)26(29(34)35)30-28(33)24-10-5-8-22(18-24)9-6-16-31-17-7-11-25(31)27(32)21(4)23-14-12-20(3)13-15-23/h5-15,17-19,21,26H,16H2,1-4H3,(H,30,33)(H,34,35)/b9-6+/t21-,26+/m1/s1. The first-order valence-electron chi connectivity index (χ1n) is 11.7. The van der Waals surface area contributed by atoms with Gasteiger partial charge in [0.1, 0.15) is 6.04 Å². The molecule has 35 heavy (non-hydrogen) atoms. The van der Waals surface area contributed by atoms with Crippen molar-refractivity contribution in [3.8, 4) is 0 Å². The number of allylic oxidation sites excluding steroid dienone is 1. The van der Waals surface area contributed by atoms with Gasteiger partial charge in [0.15, 0.2) is 5.78 Å². The van der Waals surface area contributed by atoms with Gasteiger partial charge in [-0.3, -0.25) is 9.59 Å². The molecule has 0 radical (unpaired) electrons. The van der Waals surface area contributed by atoms with E-state index in [1.807, 2.05) is 79.2 Å². The van der Waals surface area contributed by atoms with E-state index in [0.717, 1.165) is 16.7 Å². The summed E-state index contributed by atoms with van der Waals surface area (Å²) in [5.74, 6) is -1.90. The number of carboxylic acids is 1. The lowest BCUT2D eigenvalue weighted by Crippen LogP contribution is -2.44. The van der Waals surface area contributed by atoms with Crippen molar-refractivity contribution in [1.29, 1.82) is 0 Å². The van der Waals surface area contributed by atoms with E-state index >= 15 is 0 Å². The van der Waals surface area contributed by atoms with Crippen LogP contribution in [0.5, 0.6) is 0 Å². The van der Waals surface area contributed by atoms with Crippen LogP contribution in [-0.4, -0.2) is 33.4 Å². The van der Waals surface area contributed by atoms with Crippen LogP contribution in [0.4, 0.5) is 0 Å². The summed E-state index contributed by atoms with van der Waals surface area (Å²) in [6.07, 6.45) is 5.69. The van der Waals surface area contributed by atoms with Crippen molar-refractivity contribution in [2.75, 3.05) is 0 Å². The monoisotopic (exact) mass is 472 g/mol. The quantitative estimate of drug-likeness (QED) is 0.390. The van der Waals surface area contributed by atoms with Crippen molar-refractivity contribution in [2.45, 2.75) is 46.2 Å². The topological polar surface area (TPSA) is 88.4 Å². The predicted molar refractivity (Wildman–Crippen MR) is 138 cm³/mol. The zero-order valence-electron chi connectivity index (χ0n) is 20.6. The van der Waals surface area contributed by atoms with Gasteiger partial charge in [-0.2, -0.15) is 0 Å². The molecule has 2 N–H and O–H groups in total. The van der Waals surface area contributed by atoms with Crippen LogP contribution >= 0.6 is 0 Å². The number of hydrogen-bond acceptors (Lipinski definition) is 3. The predicted octanol–water partition coefficient (Wildman–Crippen LogP) is 5.34. The normalized spacial score (nSPS) is 13.1. The molecule has 1 amide bonds. The summed E-state index contributed by atoms with van der Waals surface area (Å²) in [7, 11) is 0. The summed E-state index contributed by atoms with van der Waals surface area (Å²) in [5.41, 5.74) is 3.99. The van der Waals surface area contributed by atoms with Gasteiger partial charge >= 0.3 is 5.97 Å². The van der Waals surface area contributed by atoms with Crippen molar-refractivity contribution in [1.82, 2.24) is 9.88 Å². The summed E-state index contributed by atoms with van der Waals surface area (Å²) in [6, 6.07) is 17.8. The van der Waals surface area contributed by atoms with E-state index in [0.29, 0.717) is 17.8 Å². The highest BCUT2D eigenvalue weighted by Crippen LogP contribution is 2.21. The van der Waals surface area contributed by atoms with Crippen LogP contribution < -0.4 is 5.32 Å². The minimum atomic E-state index is -1.06. The van der Waals surface area contributed by atoms with Gasteiger partial charge in [0, 0.05) is 24.2 Å². The van der Waals surface area contributed by atoms with Crippen molar-refractivity contribution in [2.24, 2.45) is 5.92 Å². The Kier molecular flexibility index (Phi) is 8.42. The second kappa shape index (κ2) is 11.5. The second-order valence-electron chi connectivity index (χ2n) is 9.10. The van der Waals surface area contributed by atoms with Crippen molar-refractivity contribution in [3.05, 3.63) is 101 Å². The number of aliphatic carboxylic acids is 1. The number of ketones is 1. The van der Waals surface area contributed by atoms with Gasteiger partial charge in [-0.1, -0.05) is 74.9 Å². The first-order valence-corrected chi connectivity index (χ1v) is 11.7. The van der Waals surface area contributed by atoms with E-state index in [4.69, 9.17) is 0 Å². The zero-order chi connectivity index (χ0) is 25.5. The number of Topliss-reactive ketones (excluding diaryl/α,β-unsaturated/α-hetero) is 1. The Morgan fingerprint density at radius 1 is 1.00 bits per heavy atom. The Bertz CT molecular complexity index is 1220. The number of carboxylic acid groups (broad SMARTS) is 1. The highest BCUT2D eigenvalue weighted by molar-refractivity contribution is 5.99. The average molecular weight is 473 g/mol. The molecule has 0 bridgehead atoms. The van der Waals surface area contributed by atoms with E-state index in [1.54, 1.807) is 32.0 Å². The molecule has 0 aliphatic heterocycles. The van der Waals surface area contributed by atoms with E-state index in [2.05, 4.69) is 5.32 Å². The van der Waals surface area contributed by atoms with Crippen LogP contribution in [0, 0.1) is 12.8 Å². The van der Waals surface area contributed by atoms with Crippen molar-refractivity contribution in [3.63, 3.8) is 0 Å². The Morgan fingerprint density at radius 2 is 1.71 bits per heavy atom. The molecule has 3 aromatic rings. The maximum absolute atomic E-state index is 13.1. The fourth-order valence-corrected chi connectivity index (χ4v) is 3.85. The summed E-state index contributed by atoms with van der Waals surface area (Å²) in [6.45, 7) is 7.94. The summed E-state index contributed by atoms with van der Waals surface area (Å²) in [5, 5.41) is 11.9. The molecule has 182 valence electrons. The minimum absolute atomic E-state index is 0.0593. The molecule has 6 heteroatoms. The number of aromatic nitrogens is 1. The van der Waals surface area contributed by atoms with E-state index in [9.17, 15) is 19.5 Å².